The average molecular weight is 333 g/mol. The smallest absolute Gasteiger partial charge is 0.317 e. The van der Waals surface area contributed by atoms with Gasteiger partial charge in [0.25, 0.3) is 0 Å². The predicted molar refractivity (Wildman–Crippen MR) is 88.7 cm³/mol. The Balaban J connectivity index is 2.63. The number of nitrogens with zero attached hydrogens (tertiary/aromatic N) is 3. The van der Waals surface area contributed by atoms with Gasteiger partial charge in [-0.2, -0.15) is 0 Å². The van der Waals surface area contributed by atoms with E-state index in [9.17, 15) is 9.59 Å². The van der Waals surface area contributed by atoms with E-state index in [0.717, 1.165) is 10.5 Å². The second-order valence-electron chi connectivity index (χ2n) is 5.50. The van der Waals surface area contributed by atoms with Crippen molar-refractivity contribution in [1.82, 2.24) is 14.7 Å². The van der Waals surface area contributed by atoms with Crippen molar-refractivity contribution in [2.45, 2.75) is 6.54 Å². The molecule has 0 fully saturated rings. The molecule has 0 heterocycles. The van der Waals surface area contributed by atoms with Crippen LogP contribution in [-0.2, 0) is 16.1 Å². The molecule has 0 bridgehead atoms. The summed E-state index contributed by atoms with van der Waals surface area (Å²) in [5.41, 5.74) is 1.10. The third-order valence-electron chi connectivity index (χ3n) is 3.37. The Kier molecular flexibility index (Phi) is 8.99. The van der Waals surface area contributed by atoms with E-state index in [1.165, 1.54) is 4.90 Å². The number of hydrogen-bond acceptors (Lipinski definition) is 5. The molecule has 0 aromatic heterocycles. The van der Waals surface area contributed by atoms with Crippen molar-refractivity contribution in [2.24, 2.45) is 0 Å². The van der Waals surface area contributed by atoms with E-state index in [1.54, 1.807) is 0 Å². The van der Waals surface area contributed by atoms with Gasteiger partial charge in [0.05, 0.1) is 13.1 Å². The lowest BCUT2D eigenvalue weighted by molar-refractivity contribution is -0.141. The van der Waals surface area contributed by atoms with Gasteiger partial charge in [0.1, 0.15) is 0 Å². The molecule has 130 valence electrons. The Morgan fingerprint density at radius 3 is 1.83 bits per heavy atom. The van der Waals surface area contributed by atoms with Gasteiger partial charge in [0.2, 0.25) is 0 Å². The molecule has 4 radical (unpaired) electrons. The summed E-state index contributed by atoms with van der Waals surface area (Å²) in [4.78, 5) is 26.2. The summed E-state index contributed by atoms with van der Waals surface area (Å²) >= 11 is 0. The highest BCUT2D eigenvalue weighted by atomic mass is 16.4. The second-order valence-corrected chi connectivity index (χ2v) is 5.50. The highest BCUT2D eigenvalue weighted by Gasteiger charge is 2.15. The Labute approximate surface area is 143 Å². The molecule has 1 aromatic rings. The predicted octanol–water partition coefficient (Wildman–Crippen LogP) is 0.599. The molecule has 0 saturated carbocycles. The van der Waals surface area contributed by atoms with E-state index in [-0.39, 0.29) is 13.1 Å². The van der Waals surface area contributed by atoms with Gasteiger partial charge < -0.3 is 10.2 Å². The third-order valence-corrected chi connectivity index (χ3v) is 3.37. The zero-order valence-corrected chi connectivity index (χ0v) is 13.5. The molecule has 1 rings (SSSR count). The van der Waals surface area contributed by atoms with Crippen LogP contribution in [0.5, 0.6) is 0 Å². The lowest BCUT2D eigenvalue weighted by Crippen LogP contribution is -2.41. The first-order chi connectivity index (χ1) is 11.4. The molecule has 2 N–H and O–H groups in total. The standard InChI is InChI=1S/C17H23N3O4/c1-18(2)8-9-19(12-15-6-4-3-5-7-15)10-11-20(13-16(21)22)14-17(23)24/h1-7H,8-14H2,(H,21,22)(H,23,24). The van der Waals surface area contributed by atoms with Gasteiger partial charge in [0.15, 0.2) is 0 Å². The van der Waals surface area contributed by atoms with Crippen molar-refractivity contribution in [2.75, 3.05) is 39.3 Å². The number of carbonyl (C=O) groups is 2. The van der Waals surface area contributed by atoms with E-state index in [0.29, 0.717) is 32.7 Å². The molecular formula is C17H23N3O4. The molecule has 0 aliphatic rings. The van der Waals surface area contributed by atoms with Gasteiger partial charge in [0, 0.05) is 46.8 Å². The number of hydrogen-bond donors (Lipinski definition) is 2. The molecule has 0 aliphatic carbocycles. The van der Waals surface area contributed by atoms with E-state index < -0.39 is 11.9 Å². The van der Waals surface area contributed by atoms with Gasteiger partial charge in [-0.3, -0.25) is 24.3 Å². The van der Waals surface area contributed by atoms with Crippen LogP contribution in [-0.4, -0.2) is 76.1 Å². The topological polar surface area (TPSA) is 84.3 Å². The largest absolute Gasteiger partial charge is 0.480 e. The first-order valence-corrected chi connectivity index (χ1v) is 7.56. The fourth-order valence-corrected chi connectivity index (χ4v) is 2.25. The van der Waals surface area contributed by atoms with Gasteiger partial charge in [-0.1, -0.05) is 30.3 Å². The van der Waals surface area contributed by atoms with Crippen LogP contribution in [0.3, 0.4) is 0 Å². The maximum absolute atomic E-state index is 10.9. The third kappa shape index (κ3) is 9.24. The number of carboxylic acid groups (broad SMARTS) is 2. The van der Waals surface area contributed by atoms with Crippen LogP contribution in [0.25, 0.3) is 0 Å². The summed E-state index contributed by atoms with van der Waals surface area (Å²) in [5, 5.41) is 17.8. The Bertz CT molecular complexity index is 492. The molecule has 24 heavy (non-hydrogen) atoms. The van der Waals surface area contributed by atoms with Crippen LogP contribution in [0.4, 0.5) is 0 Å². The Hall–Kier alpha value is -1.96. The normalized spacial score (nSPS) is 11.4. The minimum Gasteiger partial charge on any atom is -0.480 e. The molecule has 0 aliphatic heterocycles. The number of aliphatic carboxylic acids is 2. The van der Waals surface area contributed by atoms with Crippen molar-refractivity contribution < 1.29 is 19.8 Å². The molecule has 0 unspecified atom stereocenters. The van der Waals surface area contributed by atoms with Crippen LogP contribution in [0.1, 0.15) is 5.56 Å². The quantitative estimate of drug-likeness (QED) is 0.542. The number of rotatable bonds is 12. The molecule has 0 saturated heterocycles. The molecule has 7 nitrogen and oxygen atoms in total. The van der Waals surface area contributed by atoms with Gasteiger partial charge in [-0.25, -0.2) is 0 Å². The summed E-state index contributed by atoms with van der Waals surface area (Å²) in [6.07, 6.45) is 0. The summed E-state index contributed by atoms with van der Waals surface area (Å²) in [6.45, 7) is 1.85. The molecule has 0 spiro atoms. The summed E-state index contributed by atoms with van der Waals surface area (Å²) in [6, 6.07) is 9.78. The van der Waals surface area contributed by atoms with Crippen LogP contribution in [0.2, 0.25) is 0 Å². The van der Waals surface area contributed by atoms with Crippen molar-refractivity contribution >= 4 is 11.9 Å². The molecule has 0 amide bonds. The van der Waals surface area contributed by atoms with E-state index in [1.807, 2.05) is 30.3 Å². The lowest BCUT2D eigenvalue weighted by atomic mass is 10.2. The molecule has 0 atom stereocenters. The molecule has 1 aromatic carbocycles. The molecule has 7 heteroatoms. The van der Waals surface area contributed by atoms with Crippen LogP contribution in [0, 0.1) is 14.1 Å². The summed E-state index contributed by atoms with van der Waals surface area (Å²) < 4.78 is 0. The minimum absolute atomic E-state index is 0.314. The minimum atomic E-state index is -1.05. The van der Waals surface area contributed by atoms with Gasteiger partial charge >= 0.3 is 11.9 Å². The monoisotopic (exact) mass is 333 g/mol. The van der Waals surface area contributed by atoms with Crippen molar-refractivity contribution in [3.05, 3.63) is 50.0 Å². The fraction of sp³-hybridized carbons (Fsp3) is 0.412. The average Bonchev–Trinajstić information content (AvgIpc) is 2.49. The first kappa shape index (κ1) is 20.1. The highest BCUT2D eigenvalue weighted by molar-refractivity contribution is 5.72. The Morgan fingerprint density at radius 1 is 0.833 bits per heavy atom. The number of carboxylic acids is 2. The van der Waals surface area contributed by atoms with Crippen molar-refractivity contribution in [3.63, 3.8) is 0 Å². The lowest BCUT2D eigenvalue weighted by Gasteiger charge is -2.27. The fourth-order valence-electron chi connectivity index (χ4n) is 2.25. The maximum atomic E-state index is 10.9. The van der Waals surface area contributed by atoms with Gasteiger partial charge in [-0.15, -0.1) is 0 Å². The second kappa shape index (κ2) is 10.7. The van der Waals surface area contributed by atoms with Crippen LogP contribution >= 0.6 is 0 Å². The first-order valence-electron chi connectivity index (χ1n) is 7.56. The van der Waals surface area contributed by atoms with Crippen LogP contribution < -0.4 is 0 Å². The van der Waals surface area contributed by atoms with E-state index in [2.05, 4.69) is 4.90 Å². The van der Waals surface area contributed by atoms with Crippen molar-refractivity contribution in [3.8, 4) is 0 Å². The summed E-state index contributed by atoms with van der Waals surface area (Å²) in [7, 11) is 10.9. The zero-order valence-electron chi connectivity index (χ0n) is 13.5. The number of benzene rings is 1. The van der Waals surface area contributed by atoms with E-state index in [4.69, 9.17) is 24.3 Å². The van der Waals surface area contributed by atoms with Crippen LogP contribution in [0.15, 0.2) is 30.3 Å². The van der Waals surface area contributed by atoms with Crippen molar-refractivity contribution in [1.29, 1.82) is 0 Å². The highest BCUT2D eigenvalue weighted by Crippen LogP contribution is 2.05. The van der Waals surface area contributed by atoms with Gasteiger partial charge in [-0.05, 0) is 5.56 Å². The Morgan fingerprint density at radius 2 is 1.33 bits per heavy atom. The molecular weight excluding hydrogens is 310 g/mol. The maximum Gasteiger partial charge on any atom is 0.317 e. The van der Waals surface area contributed by atoms with E-state index >= 15 is 0 Å². The zero-order chi connectivity index (χ0) is 17.9. The summed E-state index contributed by atoms with van der Waals surface area (Å²) in [5.74, 6) is -2.11. The SMILES string of the molecule is [CH]N([CH])CCN(CCN(CC(=O)O)CC(=O)O)Cc1ccccc1.